The van der Waals surface area contributed by atoms with Gasteiger partial charge in [0, 0.05) is 6.42 Å². The van der Waals surface area contributed by atoms with Crippen molar-refractivity contribution in [3.8, 4) is 0 Å². The molecule has 0 amide bonds. The van der Waals surface area contributed by atoms with E-state index in [2.05, 4.69) is 47.7 Å². The van der Waals surface area contributed by atoms with Crippen LogP contribution in [0.3, 0.4) is 0 Å². The van der Waals surface area contributed by atoms with Gasteiger partial charge in [0.15, 0.2) is 8.32 Å². The van der Waals surface area contributed by atoms with Crippen LogP contribution in [0.25, 0.3) is 0 Å². The molecule has 2 heterocycles. The van der Waals surface area contributed by atoms with Gasteiger partial charge in [-0.05, 0) is 37.9 Å². The average Bonchev–Trinajstić information content (AvgIpc) is 2.84. The van der Waals surface area contributed by atoms with Crippen LogP contribution in [0.2, 0.25) is 18.1 Å². The molecule has 3 nitrogen and oxygen atoms in total. The molecule has 20 heavy (non-hydrogen) atoms. The molecule has 5 atom stereocenters. The highest BCUT2D eigenvalue weighted by Crippen LogP contribution is 2.40. The minimum Gasteiger partial charge on any atom is -0.407 e. The largest absolute Gasteiger partial charge is 0.407 e. The second-order valence-corrected chi connectivity index (χ2v) is 12.7. The van der Waals surface area contributed by atoms with Crippen molar-refractivity contribution >= 4 is 8.32 Å². The highest BCUT2D eigenvalue weighted by molar-refractivity contribution is 6.74. The average molecular weight is 300 g/mol. The van der Waals surface area contributed by atoms with E-state index in [0.717, 1.165) is 19.3 Å². The smallest absolute Gasteiger partial charge is 0.220 e. The van der Waals surface area contributed by atoms with Gasteiger partial charge in [0.05, 0.1) is 25.2 Å². The van der Waals surface area contributed by atoms with E-state index in [-0.39, 0.29) is 29.5 Å². The van der Waals surface area contributed by atoms with Gasteiger partial charge in [0.2, 0.25) is 6.10 Å². The summed E-state index contributed by atoms with van der Waals surface area (Å²) in [7, 11) is -1.76. The predicted molar refractivity (Wildman–Crippen MR) is 84.3 cm³/mol. The molecule has 0 saturated carbocycles. The van der Waals surface area contributed by atoms with Crippen LogP contribution in [0.15, 0.2) is 0 Å². The van der Waals surface area contributed by atoms with Crippen LogP contribution in [0.1, 0.15) is 47.0 Å². The number of hydrogen-bond acceptors (Lipinski definition) is 3. The van der Waals surface area contributed by atoms with Crippen molar-refractivity contribution in [3.63, 3.8) is 0 Å². The predicted octanol–water partition coefficient (Wildman–Crippen LogP) is 3.94. The third-order valence-electron chi connectivity index (χ3n) is 5.16. The van der Waals surface area contributed by atoms with Crippen molar-refractivity contribution in [2.45, 2.75) is 95.6 Å². The summed E-state index contributed by atoms with van der Waals surface area (Å²) in [5.41, 5.74) is 0. The fourth-order valence-electron chi connectivity index (χ4n) is 2.77. The Morgan fingerprint density at radius 2 is 1.75 bits per heavy atom. The zero-order valence-corrected chi connectivity index (χ0v) is 14.9. The summed E-state index contributed by atoms with van der Waals surface area (Å²) in [4.78, 5) is 0. The van der Waals surface area contributed by atoms with Crippen LogP contribution in [0.5, 0.6) is 0 Å². The minimum atomic E-state index is -1.76. The Kier molecular flexibility index (Phi) is 4.60. The molecule has 2 aliphatic heterocycles. The lowest BCUT2D eigenvalue weighted by Crippen LogP contribution is -2.45. The molecule has 4 heteroatoms. The van der Waals surface area contributed by atoms with Crippen molar-refractivity contribution in [3.05, 3.63) is 6.92 Å². The van der Waals surface area contributed by atoms with E-state index in [1.807, 2.05) is 0 Å². The zero-order valence-electron chi connectivity index (χ0n) is 13.9. The lowest BCUT2D eigenvalue weighted by atomic mass is 10.1. The molecule has 2 rings (SSSR count). The quantitative estimate of drug-likeness (QED) is 0.583. The summed E-state index contributed by atoms with van der Waals surface area (Å²) in [6, 6.07) is 0. The van der Waals surface area contributed by atoms with Gasteiger partial charge in [0.25, 0.3) is 0 Å². The number of rotatable bonds is 3. The van der Waals surface area contributed by atoms with Crippen LogP contribution in [0.4, 0.5) is 0 Å². The van der Waals surface area contributed by atoms with Gasteiger partial charge in [0.1, 0.15) is 6.10 Å². The van der Waals surface area contributed by atoms with Crippen LogP contribution >= 0.6 is 0 Å². The van der Waals surface area contributed by atoms with Crippen LogP contribution in [-0.2, 0) is 13.9 Å². The van der Waals surface area contributed by atoms with Gasteiger partial charge < -0.3 is 13.9 Å². The third kappa shape index (κ3) is 3.41. The third-order valence-corrected chi connectivity index (χ3v) is 9.66. The summed E-state index contributed by atoms with van der Waals surface area (Å²) in [6.07, 6.45) is 4.00. The number of hydrogen-bond donors (Lipinski definition) is 0. The molecule has 2 fully saturated rings. The number of ether oxygens (including phenoxy) is 2. The van der Waals surface area contributed by atoms with E-state index in [1.165, 1.54) is 0 Å². The van der Waals surface area contributed by atoms with Crippen molar-refractivity contribution in [2.24, 2.45) is 0 Å². The lowest BCUT2D eigenvalue weighted by Gasteiger charge is -2.38. The molecule has 0 spiro atoms. The van der Waals surface area contributed by atoms with E-state index in [9.17, 15) is 0 Å². The second-order valence-electron chi connectivity index (χ2n) is 7.93. The van der Waals surface area contributed by atoms with E-state index >= 15 is 0 Å². The standard InChI is InChI=1S/C16H31O3Si/c1-11-8-9-13(17-11)15-10-14(12(2)18-15)19-20(6,7)16(3,4)5/h11-15H,2,8-10H2,1,3-7H3/q+1/t11-,12-,13+,14+,15+/m0/s1. The summed E-state index contributed by atoms with van der Waals surface area (Å²) in [5, 5.41) is 0.225. The molecule has 116 valence electrons. The molecular formula is C16H31O3Si+. The second kappa shape index (κ2) is 5.63. The van der Waals surface area contributed by atoms with Gasteiger partial charge in [-0.3, -0.25) is 0 Å². The molecule has 0 unspecified atom stereocenters. The maximum atomic E-state index is 6.49. The Hall–Kier alpha value is -0.0331. The summed E-state index contributed by atoms with van der Waals surface area (Å²) in [5.74, 6) is 0. The molecule has 2 aliphatic rings. The summed E-state index contributed by atoms with van der Waals surface area (Å²) in [6.45, 7) is 17.7. The highest BCUT2D eigenvalue weighted by atomic mass is 28.4. The van der Waals surface area contributed by atoms with Gasteiger partial charge in [-0.25, -0.2) is 0 Å². The van der Waals surface area contributed by atoms with E-state index in [0.29, 0.717) is 6.10 Å². The molecule has 0 aliphatic carbocycles. The first-order valence-corrected chi connectivity index (χ1v) is 10.8. The van der Waals surface area contributed by atoms with E-state index in [4.69, 9.17) is 13.9 Å². The Morgan fingerprint density at radius 3 is 2.25 bits per heavy atom. The summed E-state index contributed by atoms with van der Waals surface area (Å²) < 4.78 is 18.5. The Balaban J connectivity index is 1.94. The fourth-order valence-corrected chi connectivity index (χ4v) is 4.13. The topological polar surface area (TPSA) is 27.7 Å². The SMILES string of the molecule is [CH2+][C@@H]1O[C@@H]([C@H]2CC[C@H](C)O2)C[C@H]1O[Si](C)(C)C(C)(C)C. The monoisotopic (exact) mass is 299 g/mol. The first-order valence-electron chi connectivity index (χ1n) is 7.92. The molecule has 0 aromatic rings. The fraction of sp³-hybridized carbons (Fsp3) is 0.938. The molecular weight excluding hydrogens is 268 g/mol. The molecule has 0 aromatic carbocycles. The normalized spacial score (nSPS) is 39.4. The Labute approximate surface area is 125 Å². The summed E-state index contributed by atoms with van der Waals surface area (Å²) >= 11 is 0. The zero-order chi connectivity index (χ0) is 15.1. The molecule has 0 radical (unpaired) electrons. The lowest BCUT2D eigenvalue weighted by molar-refractivity contribution is -0.0554. The molecule has 0 N–H and O–H groups in total. The van der Waals surface area contributed by atoms with Gasteiger partial charge in [-0.15, -0.1) is 0 Å². The van der Waals surface area contributed by atoms with Crippen molar-refractivity contribution in [1.29, 1.82) is 0 Å². The maximum Gasteiger partial charge on any atom is 0.220 e. The van der Waals surface area contributed by atoms with Gasteiger partial charge in [-0.2, -0.15) is 0 Å². The van der Waals surface area contributed by atoms with Crippen LogP contribution in [-0.4, -0.2) is 38.8 Å². The van der Waals surface area contributed by atoms with Crippen LogP contribution < -0.4 is 0 Å². The molecule has 0 bridgehead atoms. The van der Waals surface area contributed by atoms with Crippen LogP contribution in [0, 0.1) is 6.92 Å². The van der Waals surface area contributed by atoms with Gasteiger partial charge >= 0.3 is 0 Å². The minimum absolute atomic E-state index is 0.0615. The molecule has 0 aromatic heterocycles. The highest BCUT2D eigenvalue weighted by Gasteiger charge is 2.48. The first kappa shape index (κ1) is 16.3. The van der Waals surface area contributed by atoms with Crippen molar-refractivity contribution < 1.29 is 13.9 Å². The molecule has 2 saturated heterocycles. The van der Waals surface area contributed by atoms with E-state index < -0.39 is 8.32 Å². The van der Waals surface area contributed by atoms with Crippen molar-refractivity contribution in [2.75, 3.05) is 0 Å². The van der Waals surface area contributed by atoms with Gasteiger partial charge in [-0.1, -0.05) is 20.8 Å². The first-order chi connectivity index (χ1) is 9.10. The Bertz CT molecular complexity index is 337. The van der Waals surface area contributed by atoms with E-state index in [1.54, 1.807) is 0 Å². The Morgan fingerprint density at radius 1 is 1.10 bits per heavy atom. The maximum absolute atomic E-state index is 6.49. The van der Waals surface area contributed by atoms with Crippen molar-refractivity contribution in [1.82, 2.24) is 0 Å².